The Morgan fingerprint density at radius 1 is 1.15 bits per heavy atom. The molecule has 0 radical (unpaired) electrons. The number of hydrogen-bond acceptors (Lipinski definition) is 5. The Balaban J connectivity index is 1.77. The van der Waals surface area contributed by atoms with Crippen LogP contribution in [0.2, 0.25) is 5.02 Å². The standard InChI is InChI=1S/C14H11ClN2O2S/c1-9(10-5-2-3-6-11(10)15)20-14-17-16-13(19-14)12-7-4-8-18-12/h2-9H,1H3/t9-/m0/s1. The highest BCUT2D eigenvalue weighted by Crippen LogP contribution is 2.37. The predicted molar refractivity (Wildman–Crippen MR) is 77.7 cm³/mol. The molecule has 0 N–H and O–H groups in total. The van der Waals surface area contributed by atoms with Gasteiger partial charge in [-0.05, 0) is 30.7 Å². The number of benzene rings is 1. The summed E-state index contributed by atoms with van der Waals surface area (Å²) in [6.07, 6.45) is 1.57. The summed E-state index contributed by atoms with van der Waals surface area (Å²) < 4.78 is 10.8. The fourth-order valence-electron chi connectivity index (χ4n) is 1.78. The molecule has 0 bridgehead atoms. The van der Waals surface area contributed by atoms with Crippen molar-refractivity contribution in [1.82, 2.24) is 10.2 Å². The first-order chi connectivity index (χ1) is 9.74. The maximum Gasteiger partial charge on any atom is 0.284 e. The second kappa shape index (κ2) is 5.73. The SMILES string of the molecule is C[C@H](Sc1nnc(-c2ccco2)o1)c1ccccc1Cl. The summed E-state index contributed by atoms with van der Waals surface area (Å²) in [6.45, 7) is 2.04. The van der Waals surface area contributed by atoms with Gasteiger partial charge in [0.05, 0.1) is 6.26 Å². The number of furan rings is 1. The van der Waals surface area contributed by atoms with Crippen molar-refractivity contribution in [3.8, 4) is 11.7 Å². The second-order valence-corrected chi connectivity index (χ2v) is 5.83. The zero-order valence-electron chi connectivity index (χ0n) is 10.6. The van der Waals surface area contributed by atoms with E-state index < -0.39 is 0 Å². The van der Waals surface area contributed by atoms with Crippen LogP contribution in [0.5, 0.6) is 0 Å². The molecule has 0 saturated heterocycles. The van der Waals surface area contributed by atoms with Crippen LogP contribution in [-0.2, 0) is 0 Å². The maximum atomic E-state index is 6.18. The molecule has 0 aliphatic rings. The van der Waals surface area contributed by atoms with Crippen LogP contribution in [0, 0.1) is 0 Å². The van der Waals surface area contributed by atoms with Gasteiger partial charge in [-0.1, -0.05) is 41.6 Å². The maximum absolute atomic E-state index is 6.18. The van der Waals surface area contributed by atoms with Gasteiger partial charge in [-0.25, -0.2) is 0 Å². The number of thioether (sulfide) groups is 1. The lowest BCUT2D eigenvalue weighted by atomic mass is 10.2. The zero-order valence-corrected chi connectivity index (χ0v) is 12.2. The molecule has 20 heavy (non-hydrogen) atoms. The molecule has 2 heterocycles. The molecular formula is C14H11ClN2O2S. The van der Waals surface area contributed by atoms with Gasteiger partial charge in [0.2, 0.25) is 0 Å². The van der Waals surface area contributed by atoms with E-state index in [0.29, 0.717) is 16.9 Å². The number of nitrogens with zero attached hydrogens (tertiary/aromatic N) is 2. The Morgan fingerprint density at radius 3 is 2.75 bits per heavy atom. The van der Waals surface area contributed by atoms with Crippen LogP contribution < -0.4 is 0 Å². The average Bonchev–Trinajstić information content (AvgIpc) is 3.09. The molecule has 2 aromatic heterocycles. The third-order valence-electron chi connectivity index (χ3n) is 2.76. The van der Waals surface area contributed by atoms with Crippen LogP contribution in [-0.4, -0.2) is 10.2 Å². The molecule has 0 saturated carbocycles. The molecule has 4 nitrogen and oxygen atoms in total. The summed E-state index contributed by atoms with van der Waals surface area (Å²) >= 11 is 7.64. The highest BCUT2D eigenvalue weighted by Gasteiger charge is 2.16. The lowest BCUT2D eigenvalue weighted by Crippen LogP contribution is -1.89. The Labute approximate surface area is 125 Å². The van der Waals surface area contributed by atoms with Crippen LogP contribution in [0.3, 0.4) is 0 Å². The second-order valence-electron chi connectivity index (χ2n) is 4.13. The summed E-state index contributed by atoms with van der Waals surface area (Å²) in [6, 6.07) is 11.3. The summed E-state index contributed by atoms with van der Waals surface area (Å²) in [5.41, 5.74) is 1.04. The number of hydrogen-bond donors (Lipinski definition) is 0. The molecule has 0 aliphatic heterocycles. The molecule has 0 fully saturated rings. The molecule has 6 heteroatoms. The van der Waals surface area contributed by atoms with Crippen LogP contribution in [0.1, 0.15) is 17.7 Å². The van der Waals surface area contributed by atoms with E-state index in [1.807, 2.05) is 31.2 Å². The van der Waals surface area contributed by atoms with E-state index >= 15 is 0 Å². The molecule has 0 aliphatic carbocycles. The Kier molecular flexibility index (Phi) is 3.80. The molecule has 0 spiro atoms. The normalized spacial score (nSPS) is 12.5. The molecule has 0 unspecified atom stereocenters. The lowest BCUT2D eigenvalue weighted by molar-refractivity contribution is 0.446. The van der Waals surface area contributed by atoms with Crippen molar-refractivity contribution in [3.63, 3.8) is 0 Å². The highest BCUT2D eigenvalue weighted by atomic mass is 35.5. The summed E-state index contributed by atoms with van der Waals surface area (Å²) in [5, 5.41) is 9.32. The summed E-state index contributed by atoms with van der Waals surface area (Å²) in [5.74, 6) is 0.943. The van der Waals surface area contributed by atoms with Crippen molar-refractivity contribution in [2.75, 3.05) is 0 Å². The Morgan fingerprint density at radius 2 is 2.00 bits per heavy atom. The number of rotatable bonds is 4. The monoisotopic (exact) mass is 306 g/mol. The van der Waals surface area contributed by atoms with Crippen molar-refractivity contribution in [1.29, 1.82) is 0 Å². The van der Waals surface area contributed by atoms with E-state index in [-0.39, 0.29) is 5.25 Å². The molecule has 0 amide bonds. The summed E-state index contributed by atoms with van der Waals surface area (Å²) in [4.78, 5) is 0. The molecule has 3 rings (SSSR count). The van der Waals surface area contributed by atoms with Gasteiger partial charge in [0, 0.05) is 10.3 Å². The van der Waals surface area contributed by atoms with Gasteiger partial charge in [-0.15, -0.1) is 10.2 Å². The van der Waals surface area contributed by atoms with E-state index in [2.05, 4.69) is 10.2 Å². The van der Waals surface area contributed by atoms with E-state index in [0.717, 1.165) is 10.6 Å². The fourth-order valence-corrected chi connectivity index (χ4v) is 2.99. The topological polar surface area (TPSA) is 52.1 Å². The van der Waals surface area contributed by atoms with Crippen molar-refractivity contribution in [2.24, 2.45) is 0 Å². The Hall–Kier alpha value is -1.72. The van der Waals surface area contributed by atoms with Gasteiger partial charge in [-0.2, -0.15) is 0 Å². The zero-order chi connectivity index (χ0) is 13.9. The minimum Gasteiger partial charge on any atom is -0.459 e. The first-order valence-electron chi connectivity index (χ1n) is 6.02. The van der Waals surface area contributed by atoms with Crippen LogP contribution >= 0.6 is 23.4 Å². The van der Waals surface area contributed by atoms with Crippen LogP contribution in [0.15, 0.2) is 56.7 Å². The first-order valence-corrected chi connectivity index (χ1v) is 7.28. The van der Waals surface area contributed by atoms with Gasteiger partial charge in [0.15, 0.2) is 5.76 Å². The van der Waals surface area contributed by atoms with E-state index in [4.69, 9.17) is 20.4 Å². The van der Waals surface area contributed by atoms with Crippen molar-refractivity contribution in [2.45, 2.75) is 17.4 Å². The molecular weight excluding hydrogens is 296 g/mol. The Bertz CT molecular complexity index is 697. The predicted octanol–water partition coefficient (Wildman–Crippen LogP) is 4.84. The minimum absolute atomic E-state index is 0.119. The lowest BCUT2D eigenvalue weighted by Gasteiger charge is -2.10. The van der Waals surface area contributed by atoms with Gasteiger partial charge < -0.3 is 8.83 Å². The average molecular weight is 307 g/mol. The number of aromatic nitrogens is 2. The van der Waals surface area contributed by atoms with E-state index in [1.54, 1.807) is 18.4 Å². The fraction of sp³-hybridized carbons (Fsp3) is 0.143. The molecule has 102 valence electrons. The number of halogens is 1. The molecule has 1 atom stereocenters. The van der Waals surface area contributed by atoms with Crippen molar-refractivity contribution < 1.29 is 8.83 Å². The highest BCUT2D eigenvalue weighted by molar-refractivity contribution is 7.99. The van der Waals surface area contributed by atoms with Gasteiger partial charge >= 0.3 is 0 Å². The van der Waals surface area contributed by atoms with Crippen LogP contribution in [0.4, 0.5) is 0 Å². The smallest absolute Gasteiger partial charge is 0.284 e. The third kappa shape index (κ3) is 2.73. The molecule has 3 aromatic rings. The van der Waals surface area contributed by atoms with E-state index in [1.165, 1.54) is 11.8 Å². The quantitative estimate of drug-likeness (QED) is 0.646. The minimum atomic E-state index is 0.119. The van der Waals surface area contributed by atoms with Crippen LogP contribution in [0.25, 0.3) is 11.7 Å². The van der Waals surface area contributed by atoms with Gasteiger partial charge in [-0.3, -0.25) is 0 Å². The third-order valence-corrected chi connectivity index (χ3v) is 4.08. The van der Waals surface area contributed by atoms with Gasteiger partial charge in [0.25, 0.3) is 11.1 Å². The van der Waals surface area contributed by atoms with Crippen molar-refractivity contribution >= 4 is 23.4 Å². The first kappa shape index (κ1) is 13.3. The molecule has 1 aromatic carbocycles. The summed E-state index contributed by atoms with van der Waals surface area (Å²) in [7, 11) is 0. The van der Waals surface area contributed by atoms with E-state index in [9.17, 15) is 0 Å². The van der Waals surface area contributed by atoms with Crippen molar-refractivity contribution in [3.05, 3.63) is 53.2 Å². The van der Waals surface area contributed by atoms with Gasteiger partial charge in [0.1, 0.15) is 0 Å². The largest absolute Gasteiger partial charge is 0.459 e.